The van der Waals surface area contributed by atoms with Crippen molar-refractivity contribution in [3.63, 3.8) is 0 Å². The molecule has 9 heteroatoms. The molecule has 1 amide bonds. The summed E-state index contributed by atoms with van der Waals surface area (Å²) in [5.74, 6) is -3.91. The molecule has 0 aliphatic carbocycles. The Morgan fingerprint density at radius 3 is 1.93 bits per heavy atom. The van der Waals surface area contributed by atoms with Crippen LogP contribution in [0, 0.1) is 23.7 Å². The summed E-state index contributed by atoms with van der Waals surface area (Å²) in [6.45, 7) is 7.00. The molecule has 0 fully saturated rings. The van der Waals surface area contributed by atoms with E-state index in [9.17, 15) is 14.4 Å². The highest BCUT2D eigenvalue weighted by Gasteiger charge is 2.47. The van der Waals surface area contributed by atoms with Crippen LogP contribution >= 0.6 is 23.2 Å². The first kappa shape index (κ1) is 25.9. The van der Waals surface area contributed by atoms with Crippen molar-refractivity contribution in [2.75, 3.05) is 14.2 Å². The second-order valence-corrected chi connectivity index (χ2v) is 8.98. The number of alkyl halides is 2. The molecule has 2 atom stereocenters. The van der Waals surface area contributed by atoms with Gasteiger partial charge in [0.2, 0.25) is 0 Å². The standard InChI is InChI=1S/C21H28Cl2N2O5/c1-12-7-9-13(10-8-12)11-25(18(26)17(22)23)15(20(28)30-6)14(19(27)29-5)16(24)21(2,3)4/h7-10,14-15,17,24H,11H2,1-6H3. The Morgan fingerprint density at radius 1 is 1.03 bits per heavy atom. The zero-order valence-electron chi connectivity index (χ0n) is 18.0. The number of esters is 2. The van der Waals surface area contributed by atoms with E-state index >= 15 is 0 Å². The fraction of sp³-hybridized carbons (Fsp3) is 0.524. The number of hydrogen-bond donors (Lipinski definition) is 1. The van der Waals surface area contributed by atoms with Gasteiger partial charge in [-0.1, -0.05) is 73.8 Å². The minimum atomic E-state index is -1.48. The van der Waals surface area contributed by atoms with E-state index in [1.807, 2.05) is 19.1 Å². The first-order valence-corrected chi connectivity index (χ1v) is 10.1. The number of carbonyl (C=O) groups is 3. The molecule has 0 aromatic heterocycles. The predicted molar refractivity (Wildman–Crippen MR) is 116 cm³/mol. The second kappa shape index (κ2) is 10.8. The van der Waals surface area contributed by atoms with E-state index < -0.39 is 40.1 Å². The van der Waals surface area contributed by atoms with E-state index in [2.05, 4.69) is 0 Å². The zero-order chi connectivity index (χ0) is 23.2. The van der Waals surface area contributed by atoms with Gasteiger partial charge in [0.05, 0.1) is 14.2 Å². The summed E-state index contributed by atoms with van der Waals surface area (Å²) in [5.41, 5.74) is 0.816. The van der Waals surface area contributed by atoms with Crippen molar-refractivity contribution in [3.8, 4) is 0 Å². The fourth-order valence-corrected chi connectivity index (χ4v) is 3.14. The first-order chi connectivity index (χ1) is 13.8. The minimum Gasteiger partial charge on any atom is -0.468 e. The SMILES string of the molecule is COC(=O)C(C(=N)C(C)(C)C)C(C(=O)OC)N(Cc1ccc(C)cc1)C(=O)C(Cl)Cl. The summed E-state index contributed by atoms with van der Waals surface area (Å²) in [5, 5.41) is 8.57. The second-order valence-electron chi connectivity index (χ2n) is 7.88. The van der Waals surface area contributed by atoms with E-state index in [-0.39, 0.29) is 12.3 Å². The molecule has 0 bridgehead atoms. The molecule has 1 aromatic rings. The normalized spacial score (nSPS) is 13.4. The van der Waals surface area contributed by atoms with Gasteiger partial charge in [-0.15, -0.1) is 0 Å². The quantitative estimate of drug-likeness (QED) is 0.365. The zero-order valence-corrected chi connectivity index (χ0v) is 19.5. The number of halogens is 2. The maximum atomic E-state index is 12.9. The van der Waals surface area contributed by atoms with Crippen molar-refractivity contribution in [1.29, 1.82) is 5.41 Å². The first-order valence-electron chi connectivity index (χ1n) is 9.23. The summed E-state index contributed by atoms with van der Waals surface area (Å²) in [7, 11) is 2.29. The predicted octanol–water partition coefficient (Wildman–Crippen LogP) is 3.52. The van der Waals surface area contributed by atoms with Gasteiger partial charge in [-0.3, -0.25) is 9.59 Å². The average molecular weight is 459 g/mol. The van der Waals surface area contributed by atoms with Crippen LogP contribution in [0.2, 0.25) is 0 Å². The average Bonchev–Trinajstić information content (AvgIpc) is 2.69. The molecule has 1 rings (SSSR count). The lowest BCUT2D eigenvalue weighted by Gasteiger charge is -2.37. The molecule has 0 spiro atoms. The van der Waals surface area contributed by atoms with Crippen molar-refractivity contribution in [2.24, 2.45) is 11.3 Å². The number of nitrogens with one attached hydrogen (secondary N) is 1. The highest BCUT2D eigenvalue weighted by Crippen LogP contribution is 2.29. The third-order valence-corrected chi connectivity index (χ3v) is 4.98. The van der Waals surface area contributed by atoms with E-state index in [0.29, 0.717) is 5.56 Å². The number of aryl methyl sites for hydroxylation is 1. The Labute approximate surface area is 187 Å². The number of rotatable bonds is 8. The maximum absolute atomic E-state index is 12.9. The summed E-state index contributed by atoms with van der Waals surface area (Å²) in [6, 6.07) is 5.77. The van der Waals surface area contributed by atoms with Gasteiger partial charge in [-0.2, -0.15) is 0 Å². The lowest BCUT2D eigenvalue weighted by atomic mass is 9.78. The van der Waals surface area contributed by atoms with Crippen LogP contribution in [0.25, 0.3) is 0 Å². The van der Waals surface area contributed by atoms with Crippen LogP contribution in [0.4, 0.5) is 0 Å². The molecule has 0 radical (unpaired) electrons. The van der Waals surface area contributed by atoms with Crippen molar-refractivity contribution in [1.82, 2.24) is 4.90 Å². The van der Waals surface area contributed by atoms with E-state index in [4.69, 9.17) is 38.1 Å². The highest BCUT2D eigenvalue weighted by atomic mass is 35.5. The maximum Gasteiger partial charge on any atom is 0.329 e. The van der Waals surface area contributed by atoms with Crippen LogP contribution in [-0.2, 0) is 30.4 Å². The molecule has 0 aliphatic rings. The van der Waals surface area contributed by atoms with Crippen LogP contribution in [0.5, 0.6) is 0 Å². The molecule has 0 aliphatic heterocycles. The lowest BCUT2D eigenvalue weighted by molar-refractivity contribution is -0.160. The molecule has 0 heterocycles. The molecule has 7 nitrogen and oxygen atoms in total. The number of methoxy groups -OCH3 is 2. The molecular weight excluding hydrogens is 431 g/mol. The van der Waals surface area contributed by atoms with Crippen molar-refractivity contribution >= 4 is 46.8 Å². The third-order valence-electron chi connectivity index (χ3n) is 4.61. The molecule has 166 valence electrons. The van der Waals surface area contributed by atoms with Gasteiger partial charge in [-0.25, -0.2) is 4.79 Å². The van der Waals surface area contributed by atoms with Crippen molar-refractivity contribution in [3.05, 3.63) is 35.4 Å². The summed E-state index contributed by atoms with van der Waals surface area (Å²) < 4.78 is 9.76. The molecule has 1 N–H and O–H groups in total. The third kappa shape index (κ3) is 6.44. The molecule has 30 heavy (non-hydrogen) atoms. The smallest absolute Gasteiger partial charge is 0.329 e. The van der Waals surface area contributed by atoms with Gasteiger partial charge in [0, 0.05) is 17.7 Å². The number of ether oxygens (including phenoxy) is 2. The number of amides is 1. The Balaban J connectivity index is 3.62. The Morgan fingerprint density at radius 2 is 1.53 bits per heavy atom. The summed E-state index contributed by atoms with van der Waals surface area (Å²) in [6.07, 6.45) is 0. The number of nitrogens with zero attached hydrogens (tertiary/aromatic N) is 1. The van der Waals surface area contributed by atoms with Crippen molar-refractivity contribution in [2.45, 2.75) is 45.1 Å². The van der Waals surface area contributed by atoms with Gasteiger partial charge in [0.15, 0.2) is 4.84 Å². The minimum absolute atomic E-state index is 0.0697. The Bertz CT molecular complexity index is 788. The monoisotopic (exact) mass is 458 g/mol. The fourth-order valence-electron chi connectivity index (χ4n) is 2.89. The highest BCUT2D eigenvalue weighted by molar-refractivity contribution is 6.53. The molecule has 2 unspecified atom stereocenters. The summed E-state index contributed by atoms with van der Waals surface area (Å²) >= 11 is 11.7. The topological polar surface area (TPSA) is 96.8 Å². The van der Waals surface area contributed by atoms with E-state index in [0.717, 1.165) is 24.7 Å². The van der Waals surface area contributed by atoms with E-state index in [1.165, 1.54) is 0 Å². The number of hydrogen-bond acceptors (Lipinski definition) is 6. The lowest BCUT2D eigenvalue weighted by Crippen LogP contribution is -2.56. The van der Waals surface area contributed by atoms with Crippen LogP contribution in [0.1, 0.15) is 31.9 Å². The van der Waals surface area contributed by atoms with Crippen molar-refractivity contribution < 1.29 is 23.9 Å². The van der Waals surface area contributed by atoms with Crippen LogP contribution < -0.4 is 0 Å². The molecule has 0 saturated heterocycles. The van der Waals surface area contributed by atoms with Crippen LogP contribution in [0.3, 0.4) is 0 Å². The molecule has 0 saturated carbocycles. The van der Waals surface area contributed by atoms with Crippen LogP contribution in [0.15, 0.2) is 24.3 Å². The number of carbonyl (C=O) groups excluding carboxylic acids is 3. The Hall–Kier alpha value is -2.12. The van der Waals surface area contributed by atoms with E-state index in [1.54, 1.807) is 32.9 Å². The molecule has 1 aromatic carbocycles. The summed E-state index contributed by atoms with van der Waals surface area (Å²) in [4.78, 5) is 38.0. The largest absolute Gasteiger partial charge is 0.468 e. The van der Waals surface area contributed by atoms with Gasteiger partial charge in [0.1, 0.15) is 12.0 Å². The van der Waals surface area contributed by atoms with Gasteiger partial charge in [0.25, 0.3) is 5.91 Å². The molecular formula is C21H28Cl2N2O5. The van der Waals surface area contributed by atoms with Crippen LogP contribution in [-0.4, -0.2) is 53.6 Å². The number of benzene rings is 1. The Kier molecular flexibility index (Phi) is 9.31. The van der Waals surface area contributed by atoms with Gasteiger partial charge in [-0.05, 0) is 12.5 Å². The van der Waals surface area contributed by atoms with Gasteiger partial charge < -0.3 is 19.8 Å². The van der Waals surface area contributed by atoms with Gasteiger partial charge >= 0.3 is 11.9 Å².